The van der Waals surface area contributed by atoms with Gasteiger partial charge in [-0.2, -0.15) is 9.78 Å². The number of nitrogens with zero attached hydrogens (tertiary/aromatic N) is 3. The average Bonchev–Trinajstić information content (AvgIpc) is 2.91. The van der Waals surface area contributed by atoms with Gasteiger partial charge in [-0.05, 0) is 66.6 Å². The highest BCUT2D eigenvalue weighted by Crippen LogP contribution is 2.28. The predicted octanol–water partition coefficient (Wildman–Crippen LogP) is 5.72. The predicted molar refractivity (Wildman–Crippen MR) is 149 cm³/mol. The van der Waals surface area contributed by atoms with Crippen molar-refractivity contribution < 1.29 is 18.7 Å². The number of ether oxygens (including phenoxy) is 2. The number of fused-ring (bicyclic) bond motifs is 1. The fourth-order valence-electron chi connectivity index (χ4n) is 3.69. The van der Waals surface area contributed by atoms with E-state index < -0.39 is 11.7 Å². The summed E-state index contributed by atoms with van der Waals surface area (Å²) >= 11 is 3.41. The molecule has 0 aliphatic rings. The molecule has 0 radical (unpaired) electrons. The van der Waals surface area contributed by atoms with E-state index in [9.17, 15) is 14.0 Å². The van der Waals surface area contributed by atoms with Crippen molar-refractivity contribution in [3.05, 3.63) is 92.7 Å². The van der Waals surface area contributed by atoms with Crippen LogP contribution in [0.25, 0.3) is 10.9 Å². The van der Waals surface area contributed by atoms with Gasteiger partial charge in [-0.25, -0.2) is 9.37 Å². The fraction of sp³-hybridized carbons (Fsp3) is 0.214. The van der Waals surface area contributed by atoms with Gasteiger partial charge in [-0.15, -0.1) is 0 Å². The lowest BCUT2D eigenvalue weighted by Crippen LogP contribution is -2.23. The van der Waals surface area contributed by atoms with Gasteiger partial charge in [-0.3, -0.25) is 9.59 Å². The first-order valence-electron chi connectivity index (χ1n) is 11.9. The minimum atomic E-state index is -0.450. The van der Waals surface area contributed by atoms with Gasteiger partial charge in [0.15, 0.2) is 18.1 Å². The quantitative estimate of drug-likeness (QED) is 0.255. The number of methoxy groups -OCH3 is 1. The molecular formula is C28H26BrFN4O4. The second-order valence-electron chi connectivity index (χ2n) is 8.56. The summed E-state index contributed by atoms with van der Waals surface area (Å²) in [5.41, 5.74) is 1.33. The molecule has 0 unspecified atom stereocenters. The van der Waals surface area contributed by atoms with Crippen molar-refractivity contribution in [3.8, 4) is 11.5 Å². The molecule has 4 aromatic rings. The molecule has 1 aromatic heterocycles. The number of aromatic nitrogens is 2. The molecule has 0 spiro atoms. The minimum absolute atomic E-state index is 0.0109. The zero-order valence-corrected chi connectivity index (χ0v) is 22.7. The first kappa shape index (κ1) is 27.0. The topological polar surface area (TPSA) is 94.8 Å². The molecule has 38 heavy (non-hydrogen) atoms. The van der Waals surface area contributed by atoms with E-state index in [1.807, 2.05) is 26.0 Å². The Bertz CT molecular complexity index is 1570. The van der Waals surface area contributed by atoms with E-state index >= 15 is 0 Å². The molecule has 0 fully saturated rings. The van der Waals surface area contributed by atoms with E-state index in [1.165, 1.54) is 30.0 Å². The number of carbonyl (C=O) groups is 1. The summed E-state index contributed by atoms with van der Waals surface area (Å²) in [4.78, 5) is 30.2. The molecule has 196 valence electrons. The number of nitrogens with one attached hydrogen (secondary N) is 1. The third-order valence-corrected chi connectivity index (χ3v) is 6.36. The van der Waals surface area contributed by atoms with Gasteiger partial charge in [0.05, 0.1) is 24.2 Å². The maximum atomic E-state index is 13.3. The summed E-state index contributed by atoms with van der Waals surface area (Å²) in [7, 11) is 1.48. The van der Waals surface area contributed by atoms with E-state index in [0.29, 0.717) is 39.5 Å². The Balaban J connectivity index is 1.56. The van der Waals surface area contributed by atoms with Crippen LogP contribution in [0.5, 0.6) is 11.5 Å². The van der Waals surface area contributed by atoms with Gasteiger partial charge in [0.2, 0.25) is 0 Å². The van der Waals surface area contributed by atoms with Crippen LogP contribution in [-0.4, -0.2) is 35.5 Å². The number of rotatable bonds is 9. The lowest BCUT2D eigenvalue weighted by Gasteiger charge is -2.14. The number of hydrogen-bond donors (Lipinski definition) is 1. The van der Waals surface area contributed by atoms with Crippen molar-refractivity contribution in [1.82, 2.24) is 9.66 Å². The second-order valence-corrected chi connectivity index (χ2v) is 9.48. The van der Waals surface area contributed by atoms with Crippen LogP contribution < -0.4 is 20.3 Å². The molecule has 0 saturated heterocycles. The summed E-state index contributed by atoms with van der Waals surface area (Å²) in [6.45, 7) is 3.73. The van der Waals surface area contributed by atoms with Crippen LogP contribution in [0.2, 0.25) is 0 Å². The van der Waals surface area contributed by atoms with Crippen LogP contribution in [0.15, 0.2) is 75.0 Å². The molecule has 3 aromatic carbocycles. The monoisotopic (exact) mass is 580 g/mol. The van der Waals surface area contributed by atoms with Crippen LogP contribution in [-0.2, 0) is 4.79 Å². The lowest BCUT2D eigenvalue weighted by atomic mass is 10.1. The lowest BCUT2D eigenvalue weighted by molar-refractivity contribution is -0.118. The van der Waals surface area contributed by atoms with E-state index in [4.69, 9.17) is 14.5 Å². The van der Waals surface area contributed by atoms with Crippen molar-refractivity contribution >= 4 is 44.6 Å². The number of benzene rings is 3. The Morgan fingerprint density at radius 1 is 1.18 bits per heavy atom. The van der Waals surface area contributed by atoms with Crippen LogP contribution in [0.3, 0.4) is 0 Å². The zero-order valence-electron chi connectivity index (χ0n) is 21.1. The van der Waals surface area contributed by atoms with Crippen molar-refractivity contribution in [3.63, 3.8) is 0 Å². The molecule has 4 rings (SSSR count). The summed E-state index contributed by atoms with van der Waals surface area (Å²) < 4.78 is 26.5. The minimum Gasteiger partial charge on any atom is -0.493 e. The third kappa shape index (κ3) is 6.25. The number of amides is 1. The standard InChI is InChI=1S/C28H26BrFN4O4/c1-4-17(2)27-33-23-10-9-19(29)13-22(23)28(36)34(27)31-15-18-8-11-24(25(12-18)37-3)38-16-26(35)32-21-7-5-6-20(30)14-21/h5-15,17H,4,16H2,1-3H3,(H,32,35)/t17-/m1/s1. The SMILES string of the molecule is CC[C@@H](C)c1nc2ccc(Br)cc2c(=O)n1N=Cc1ccc(OCC(=O)Nc2cccc(F)c2)c(OC)c1. The van der Waals surface area contributed by atoms with E-state index in [1.54, 1.807) is 36.5 Å². The van der Waals surface area contributed by atoms with Gasteiger partial charge < -0.3 is 14.8 Å². The molecule has 1 atom stereocenters. The summed E-state index contributed by atoms with van der Waals surface area (Å²) in [5.74, 6) is 0.400. The van der Waals surface area contributed by atoms with Gasteiger partial charge in [-0.1, -0.05) is 35.8 Å². The van der Waals surface area contributed by atoms with Gasteiger partial charge in [0.25, 0.3) is 11.5 Å². The van der Waals surface area contributed by atoms with Crippen molar-refractivity contribution in [2.45, 2.75) is 26.2 Å². The Morgan fingerprint density at radius 3 is 2.74 bits per heavy atom. The number of anilines is 1. The normalized spacial score (nSPS) is 12.0. The third-order valence-electron chi connectivity index (χ3n) is 5.86. The van der Waals surface area contributed by atoms with Crippen LogP contribution in [0, 0.1) is 5.82 Å². The Kier molecular flexibility index (Phi) is 8.52. The highest BCUT2D eigenvalue weighted by molar-refractivity contribution is 9.10. The van der Waals surface area contributed by atoms with Gasteiger partial charge in [0, 0.05) is 16.1 Å². The molecule has 0 saturated carbocycles. The molecule has 1 N–H and O–H groups in total. The Morgan fingerprint density at radius 2 is 2.00 bits per heavy atom. The van der Waals surface area contributed by atoms with Gasteiger partial charge >= 0.3 is 0 Å². The van der Waals surface area contributed by atoms with E-state index in [2.05, 4.69) is 26.3 Å². The first-order valence-corrected chi connectivity index (χ1v) is 12.7. The molecule has 8 nitrogen and oxygen atoms in total. The first-order chi connectivity index (χ1) is 18.3. The highest BCUT2D eigenvalue weighted by Gasteiger charge is 2.16. The van der Waals surface area contributed by atoms with Crippen LogP contribution in [0.4, 0.5) is 10.1 Å². The summed E-state index contributed by atoms with van der Waals surface area (Å²) in [6.07, 6.45) is 2.33. The molecule has 1 amide bonds. The fourth-order valence-corrected chi connectivity index (χ4v) is 4.05. The Labute approximate surface area is 227 Å². The summed E-state index contributed by atoms with van der Waals surface area (Å²) in [5, 5.41) is 7.50. The molecule has 0 aliphatic carbocycles. The summed E-state index contributed by atoms with van der Waals surface area (Å²) in [6, 6.07) is 16.0. The number of carbonyl (C=O) groups excluding carboxylic acids is 1. The molecule has 10 heteroatoms. The maximum Gasteiger partial charge on any atom is 0.282 e. The zero-order chi connectivity index (χ0) is 27.2. The number of hydrogen-bond acceptors (Lipinski definition) is 6. The smallest absolute Gasteiger partial charge is 0.282 e. The van der Waals surface area contributed by atoms with Gasteiger partial charge in [0.1, 0.15) is 11.6 Å². The van der Waals surface area contributed by atoms with Crippen LogP contribution >= 0.6 is 15.9 Å². The van der Waals surface area contributed by atoms with E-state index in [-0.39, 0.29) is 18.1 Å². The number of halogens is 2. The maximum absolute atomic E-state index is 13.3. The van der Waals surface area contributed by atoms with Crippen LogP contribution in [0.1, 0.15) is 37.6 Å². The molecule has 1 heterocycles. The molecule has 0 aliphatic heterocycles. The average molecular weight is 581 g/mol. The molecule has 0 bridgehead atoms. The van der Waals surface area contributed by atoms with Crippen molar-refractivity contribution in [1.29, 1.82) is 0 Å². The van der Waals surface area contributed by atoms with E-state index in [0.717, 1.165) is 10.9 Å². The molecular weight excluding hydrogens is 555 g/mol. The van der Waals surface area contributed by atoms with Crippen molar-refractivity contribution in [2.24, 2.45) is 5.10 Å². The second kappa shape index (κ2) is 12.0. The van der Waals surface area contributed by atoms with Crippen molar-refractivity contribution in [2.75, 3.05) is 19.0 Å². The largest absolute Gasteiger partial charge is 0.493 e. The highest BCUT2D eigenvalue weighted by atomic mass is 79.9. The Hall–Kier alpha value is -4.05.